The molecule has 1 saturated heterocycles. The molecule has 1 aromatic heterocycles. The Bertz CT molecular complexity index is 1060. The molecule has 3 aromatic rings. The van der Waals surface area contributed by atoms with Gasteiger partial charge in [-0.05, 0) is 63.1 Å². The van der Waals surface area contributed by atoms with Crippen LogP contribution in [0.15, 0.2) is 59.1 Å². The van der Waals surface area contributed by atoms with Gasteiger partial charge in [-0.2, -0.15) is 0 Å². The van der Waals surface area contributed by atoms with Crippen LogP contribution in [-0.4, -0.2) is 35.0 Å². The topological polar surface area (TPSA) is 84.7 Å². The number of aromatic nitrogens is 1. The highest BCUT2D eigenvalue weighted by Crippen LogP contribution is 2.22. The van der Waals surface area contributed by atoms with Gasteiger partial charge in [-0.3, -0.25) is 9.59 Å². The summed E-state index contributed by atoms with van der Waals surface area (Å²) in [6.45, 7) is 5.16. The van der Waals surface area contributed by atoms with Gasteiger partial charge >= 0.3 is 0 Å². The maximum atomic E-state index is 13.0. The first kappa shape index (κ1) is 21.6. The second-order valence-corrected chi connectivity index (χ2v) is 8.06. The average Bonchev–Trinajstić information content (AvgIpc) is 3.15. The van der Waals surface area contributed by atoms with Gasteiger partial charge < -0.3 is 19.5 Å². The number of nitrogens with zero attached hydrogens (tertiary/aromatic N) is 2. The summed E-state index contributed by atoms with van der Waals surface area (Å²) in [6, 6.07) is 16.5. The number of piperidine rings is 1. The normalized spacial score (nSPS) is 15.9. The van der Waals surface area contributed by atoms with Crippen molar-refractivity contribution in [2.45, 2.75) is 33.3 Å². The number of amides is 2. The fourth-order valence-electron chi connectivity index (χ4n) is 3.88. The molecule has 0 saturated carbocycles. The van der Waals surface area contributed by atoms with E-state index in [0.717, 1.165) is 35.5 Å². The zero-order valence-electron chi connectivity index (χ0n) is 18.3. The molecule has 1 aliphatic rings. The van der Waals surface area contributed by atoms with Gasteiger partial charge in [0.05, 0.1) is 17.2 Å². The van der Waals surface area contributed by atoms with Crippen LogP contribution in [-0.2, 0) is 11.4 Å². The molecule has 2 aromatic carbocycles. The zero-order valence-corrected chi connectivity index (χ0v) is 18.3. The van der Waals surface area contributed by atoms with Gasteiger partial charge in [0, 0.05) is 24.3 Å². The number of carbonyl (C=O) groups is 2. The molecular formula is C25H27N3O4. The molecule has 0 aliphatic carbocycles. The highest BCUT2D eigenvalue weighted by Gasteiger charge is 2.29. The van der Waals surface area contributed by atoms with Gasteiger partial charge in [-0.15, -0.1) is 0 Å². The van der Waals surface area contributed by atoms with Crippen molar-refractivity contribution >= 4 is 17.5 Å². The lowest BCUT2D eigenvalue weighted by Crippen LogP contribution is -2.43. The predicted octanol–water partition coefficient (Wildman–Crippen LogP) is 4.36. The molecule has 4 rings (SSSR count). The molecule has 7 nitrogen and oxygen atoms in total. The van der Waals surface area contributed by atoms with Crippen LogP contribution in [0.2, 0.25) is 0 Å². The van der Waals surface area contributed by atoms with Gasteiger partial charge in [0.25, 0.3) is 5.91 Å². The Morgan fingerprint density at radius 3 is 2.56 bits per heavy atom. The summed E-state index contributed by atoms with van der Waals surface area (Å²) >= 11 is 0. The molecule has 7 heteroatoms. The van der Waals surface area contributed by atoms with E-state index in [1.54, 1.807) is 29.2 Å². The Morgan fingerprint density at radius 2 is 1.88 bits per heavy atom. The van der Waals surface area contributed by atoms with Gasteiger partial charge in [-0.25, -0.2) is 0 Å². The Kier molecular flexibility index (Phi) is 6.54. The third kappa shape index (κ3) is 4.99. The fourth-order valence-corrected chi connectivity index (χ4v) is 3.88. The third-order valence-electron chi connectivity index (χ3n) is 5.79. The van der Waals surface area contributed by atoms with Crippen LogP contribution in [0.25, 0.3) is 0 Å². The van der Waals surface area contributed by atoms with E-state index in [1.807, 2.05) is 44.2 Å². The summed E-state index contributed by atoms with van der Waals surface area (Å²) < 4.78 is 11.0. The van der Waals surface area contributed by atoms with Crippen LogP contribution < -0.4 is 10.1 Å². The van der Waals surface area contributed by atoms with Crippen LogP contribution >= 0.6 is 0 Å². The summed E-state index contributed by atoms with van der Waals surface area (Å²) in [4.78, 5) is 27.4. The maximum Gasteiger partial charge on any atom is 0.253 e. The molecule has 1 atom stereocenters. The second-order valence-electron chi connectivity index (χ2n) is 8.06. The van der Waals surface area contributed by atoms with Gasteiger partial charge in [0.2, 0.25) is 5.91 Å². The monoisotopic (exact) mass is 433 g/mol. The van der Waals surface area contributed by atoms with Crippen LogP contribution in [0.4, 0.5) is 5.69 Å². The molecule has 0 radical (unpaired) electrons. The van der Waals surface area contributed by atoms with Crippen LogP contribution in [0.3, 0.4) is 0 Å². The molecule has 1 fully saturated rings. The Balaban J connectivity index is 1.34. The highest BCUT2D eigenvalue weighted by atomic mass is 16.5. The summed E-state index contributed by atoms with van der Waals surface area (Å²) in [6.07, 6.45) is 1.58. The van der Waals surface area contributed by atoms with Crippen molar-refractivity contribution in [3.05, 3.63) is 77.2 Å². The van der Waals surface area contributed by atoms with E-state index in [0.29, 0.717) is 31.0 Å². The minimum Gasteiger partial charge on any atom is -0.489 e. The van der Waals surface area contributed by atoms with Crippen molar-refractivity contribution in [1.82, 2.24) is 10.1 Å². The molecule has 1 aliphatic heterocycles. The number of hydrogen-bond donors (Lipinski definition) is 1. The lowest BCUT2D eigenvalue weighted by molar-refractivity contribution is -0.121. The number of para-hydroxylation sites is 1. The molecule has 1 N–H and O–H groups in total. The van der Waals surface area contributed by atoms with E-state index < -0.39 is 0 Å². The Labute approximate surface area is 187 Å². The van der Waals surface area contributed by atoms with Gasteiger partial charge in [-0.1, -0.05) is 23.4 Å². The molecule has 1 unspecified atom stereocenters. The summed E-state index contributed by atoms with van der Waals surface area (Å²) in [5.41, 5.74) is 3.09. The number of nitrogens with one attached hydrogen (secondary N) is 1. The number of hydrogen-bond acceptors (Lipinski definition) is 5. The molecule has 32 heavy (non-hydrogen) atoms. The first-order chi connectivity index (χ1) is 15.5. The minimum atomic E-state index is -0.217. The average molecular weight is 434 g/mol. The third-order valence-corrected chi connectivity index (χ3v) is 5.79. The Morgan fingerprint density at radius 1 is 1.12 bits per heavy atom. The van der Waals surface area contributed by atoms with Crippen molar-refractivity contribution in [3.63, 3.8) is 0 Å². The van der Waals surface area contributed by atoms with Crippen molar-refractivity contribution in [2.24, 2.45) is 5.92 Å². The van der Waals surface area contributed by atoms with Crippen molar-refractivity contribution in [3.8, 4) is 5.75 Å². The minimum absolute atomic E-state index is 0.0447. The maximum absolute atomic E-state index is 13.0. The largest absolute Gasteiger partial charge is 0.489 e. The van der Waals surface area contributed by atoms with E-state index in [2.05, 4.69) is 10.5 Å². The van der Waals surface area contributed by atoms with E-state index in [-0.39, 0.29) is 17.7 Å². The lowest BCUT2D eigenvalue weighted by atomic mass is 9.96. The summed E-state index contributed by atoms with van der Waals surface area (Å²) in [5, 5.41) is 6.87. The molecule has 0 spiro atoms. The number of likely N-dealkylation sites (tertiary alicyclic amines) is 1. The van der Waals surface area contributed by atoms with Crippen molar-refractivity contribution in [1.29, 1.82) is 0 Å². The van der Waals surface area contributed by atoms with Crippen LogP contribution in [0.5, 0.6) is 5.75 Å². The number of anilines is 1. The first-order valence-corrected chi connectivity index (χ1v) is 10.8. The molecular weight excluding hydrogens is 406 g/mol. The van der Waals surface area contributed by atoms with E-state index in [4.69, 9.17) is 9.26 Å². The predicted molar refractivity (Wildman–Crippen MR) is 120 cm³/mol. The SMILES string of the molecule is Cc1noc(C)c1COc1ccc(C(=O)N2CCCC(C(=O)Nc3ccccc3)C2)cc1. The molecule has 2 amide bonds. The summed E-state index contributed by atoms with van der Waals surface area (Å²) in [5.74, 6) is 1.08. The van der Waals surface area contributed by atoms with Gasteiger partial charge in [0.15, 0.2) is 0 Å². The molecule has 166 valence electrons. The number of ether oxygens (including phenoxy) is 1. The standard InChI is InChI=1S/C25H27N3O4/c1-17-23(18(2)32-27-17)16-31-22-12-10-19(11-13-22)25(30)28-14-6-7-20(15-28)24(29)26-21-8-4-3-5-9-21/h3-5,8-13,20H,6-7,14-16H2,1-2H3,(H,26,29). The molecule has 2 heterocycles. The van der Waals surface area contributed by atoms with E-state index in [1.165, 1.54) is 0 Å². The Hall–Kier alpha value is -3.61. The number of carbonyl (C=O) groups excluding carboxylic acids is 2. The van der Waals surface area contributed by atoms with Crippen LogP contribution in [0.1, 0.15) is 40.2 Å². The second kappa shape index (κ2) is 9.68. The highest BCUT2D eigenvalue weighted by molar-refractivity contribution is 5.96. The lowest BCUT2D eigenvalue weighted by Gasteiger charge is -2.32. The fraction of sp³-hybridized carbons (Fsp3) is 0.320. The van der Waals surface area contributed by atoms with Gasteiger partial charge in [0.1, 0.15) is 18.1 Å². The van der Waals surface area contributed by atoms with Crippen LogP contribution in [0, 0.1) is 19.8 Å². The number of benzene rings is 2. The zero-order chi connectivity index (χ0) is 22.5. The van der Waals surface area contributed by atoms with Crippen molar-refractivity contribution in [2.75, 3.05) is 18.4 Å². The number of rotatable bonds is 6. The number of aryl methyl sites for hydroxylation is 2. The molecule has 0 bridgehead atoms. The van der Waals surface area contributed by atoms with E-state index in [9.17, 15) is 9.59 Å². The smallest absolute Gasteiger partial charge is 0.253 e. The van der Waals surface area contributed by atoms with E-state index >= 15 is 0 Å². The first-order valence-electron chi connectivity index (χ1n) is 10.8. The van der Waals surface area contributed by atoms with Crippen molar-refractivity contribution < 1.29 is 18.8 Å². The summed E-state index contributed by atoms with van der Waals surface area (Å²) in [7, 11) is 0. The quantitative estimate of drug-likeness (QED) is 0.624.